The van der Waals surface area contributed by atoms with E-state index >= 15 is 0 Å². The fraction of sp³-hybridized carbons (Fsp3) is 0.333. The van der Waals surface area contributed by atoms with E-state index in [-0.39, 0.29) is 35.7 Å². The minimum atomic E-state index is -4.17. The standard InChI is InChI=1S/C39H44ClN3O4S/c1-28(2)32-18-20-35(21-19-32)43(48(46,47)36-22-16-29(3)17-23-36)27-38(44)42(26-31-12-9-13-33(40)24-31)37(25-30-10-5-4-6-11-30)39(45)41-34-14-7-8-15-34/h4-6,9-13,16-24,28,34,37H,7-8,14-15,25-27H2,1-3H3,(H,41,45)/t37-/m0/s1. The molecule has 0 radical (unpaired) electrons. The number of nitrogens with one attached hydrogen (secondary N) is 1. The number of amides is 2. The third-order valence-corrected chi connectivity index (χ3v) is 11.0. The van der Waals surface area contributed by atoms with Gasteiger partial charge in [-0.15, -0.1) is 0 Å². The molecule has 7 nitrogen and oxygen atoms in total. The summed E-state index contributed by atoms with van der Waals surface area (Å²) in [7, 11) is -4.17. The SMILES string of the molecule is Cc1ccc(S(=O)(=O)N(CC(=O)N(Cc2cccc(Cl)c2)[C@@H](Cc2ccccc2)C(=O)NC2CCCC2)c2ccc(C(C)C)cc2)cc1. The van der Waals surface area contributed by atoms with Gasteiger partial charge in [-0.05, 0) is 78.8 Å². The minimum Gasteiger partial charge on any atom is -0.352 e. The number of aryl methyl sites for hydroxylation is 1. The Morgan fingerprint density at radius 3 is 2.12 bits per heavy atom. The summed E-state index contributed by atoms with van der Waals surface area (Å²) in [6, 6.07) is 29.7. The molecule has 0 unspecified atom stereocenters. The van der Waals surface area contributed by atoms with E-state index in [0.29, 0.717) is 10.7 Å². The Kier molecular flexibility index (Phi) is 11.6. The van der Waals surface area contributed by atoms with Crippen LogP contribution < -0.4 is 9.62 Å². The van der Waals surface area contributed by atoms with Gasteiger partial charge in [-0.25, -0.2) is 8.42 Å². The molecule has 0 aromatic heterocycles. The van der Waals surface area contributed by atoms with Gasteiger partial charge in [-0.2, -0.15) is 0 Å². The Bertz CT molecular complexity index is 1790. The van der Waals surface area contributed by atoms with Gasteiger partial charge in [0.25, 0.3) is 10.0 Å². The highest BCUT2D eigenvalue weighted by Crippen LogP contribution is 2.28. The van der Waals surface area contributed by atoms with E-state index in [1.807, 2.05) is 55.5 Å². The van der Waals surface area contributed by atoms with Crippen molar-refractivity contribution >= 4 is 39.1 Å². The van der Waals surface area contributed by atoms with Crippen LogP contribution in [0.3, 0.4) is 0 Å². The van der Waals surface area contributed by atoms with Crippen LogP contribution in [0, 0.1) is 6.92 Å². The van der Waals surface area contributed by atoms with Crippen molar-refractivity contribution in [1.29, 1.82) is 0 Å². The van der Waals surface area contributed by atoms with Crippen LogP contribution in [0.25, 0.3) is 0 Å². The van der Waals surface area contributed by atoms with Crippen molar-refractivity contribution in [1.82, 2.24) is 10.2 Å². The molecular weight excluding hydrogens is 642 g/mol. The predicted octanol–water partition coefficient (Wildman–Crippen LogP) is 7.67. The molecule has 5 rings (SSSR count). The molecule has 1 fully saturated rings. The lowest BCUT2D eigenvalue weighted by atomic mass is 10.0. The second-order valence-corrected chi connectivity index (χ2v) is 15.2. The van der Waals surface area contributed by atoms with Crippen LogP contribution in [-0.4, -0.2) is 43.8 Å². The zero-order chi connectivity index (χ0) is 34.3. The number of carbonyl (C=O) groups is 2. The molecule has 0 bridgehead atoms. The van der Waals surface area contributed by atoms with E-state index in [9.17, 15) is 18.0 Å². The molecule has 1 aliphatic rings. The van der Waals surface area contributed by atoms with Gasteiger partial charge in [-0.1, -0.05) is 111 Å². The Morgan fingerprint density at radius 1 is 0.854 bits per heavy atom. The third-order valence-electron chi connectivity index (χ3n) is 8.95. The largest absolute Gasteiger partial charge is 0.352 e. The average molecular weight is 686 g/mol. The van der Waals surface area contributed by atoms with E-state index in [4.69, 9.17) is 11.6 Å². The average Bonchev–Trinajstić information content (AvgIpc) is 3.59. The maximum absolute atomic E-state index is 14.7. The van der Waals surface area contributed by atoms with Crippen molar-refractivity contribution in [3.63, 3.8) is 0 Å². The van der Waals surface area contributed by atoms with Gasteiger partial charge in [-0.3, -0.25) is 13.9 Å². The van der Waals surface area contributed by atoms with E-state index in [2.05, 4.69) is 19.2 Å². The van der Waals surface area contributed by atoms with Gasteiger partial charge < -0.3 is 10.2 Å². The highest BCUT2D eigenvalue weighted by Gasteiger charge is 2.35. The Hall–Kier alpha value is -4.14. The number of anilines is 1. The number of hydrogen-bond acceptors (Lipinski definition) is 4. The maximum Gasteiger partial charge on any atom is 0.264 e. The van der Waals surface area contributed by atoms with Crippen molar-refractivity contribution in [2.75, 3.05) is 10.8 Å². The van der Waals surface area contributed by atoms with Crippen LogP contribution in [0.5, 0.6) is 0 Å². The molecule has 1 aliphatic carbocycles. The molecule has 4 aromatic rings. The summed E-state index contributed by atoms with van der Waals surface area (Å²) in [5.41, 5.74) is 3.96. The molecule has 1 N–H and O–H groups in total. The smallest absolute Gasteiger partial charge is 0.264 e. The first-order chi connectivity index (χ1) is 23.0. The summed E-state index contributed by atoms with van der Waals surface area (Å²) >= 11 is 6.36. The highest BCUT2D eigenvalue weighted by molar-refractivity contribution is 7.92. The van der Waals surface area contributed by atoms with Crippen LogP contribution in [0.4, 0.5) is 5.69 Å². The van der Waals surface area contributed by atoms with Crippen LogP contribution in [0.15, 0.2) is 108 Å². The monoisotopic (exact) mass is 685 g/mol. The van der Waals surface area contributed by atoms with Crippen LogP contribution in [-0.2, 0) is 32.6 Å². The van der Waals surface area contributed by atoms with Crippen molar-refractivity contribution < 1.29 is 18.0 Å². The molecule has 48 heavy (non-hydrogen) atoms. The topological polar surface area (TPSA) is 86.8 Å². The van der Waals surface area contributed by atoms with Gasteiger partial charge in [0, 0.05) is 24.0 Å². The van der Waals surface area contributed by atoms with Crippen molar-refractivity contribution in [2.24, 2.45) is 0 Å². The zero-order valence-electron chi connectivity index (χ0n) is 27.8. The number of rotatable bonds is 13. The molecular formula is C39H44ClN3O4S. The summed E-state index contributed by atoms with van der Waals surface area (Å²) in [5.74, 6) is -0.510. The molecule has 2 amide bonds. The molecule has 1 saturated carbocycles. The Balaban J connectivity index is 1.57. The first-order valence-corrected chi connectivity index (χ1v) is 18.4. The van der Waals surface area contributed by atoms with Gasteiger partial charge in [0.1, 0.15) is 12.6 Å². The summed E-state index contributed by atoms with van der Waals surface area (Å²) in [5, 5.41) is 3.71. The molecule has 9 heteroatoms. The van der Waals surface area contributed by atoms with E-state index in [1.54, 1.807) is 54.6 Å². The van der Waals surface area contributed by atoms with E-state index in [1.165, 1.54) is 4.90 Å². The second kappa shape index (κ2) is 15.8. The first kappa shape index (κ1) is 35.2. The third kappa shape index (κ3) is 8.85. The second-order valence-electron chi connectivity index (χ2n) is 12.9. The summed E-state index contributed by atoms with van der Waals surface area (Å²) < 4.78 is 29.8. The normalized spacial score (nSPS) is 14.1. The minimum absolute atomic E-state index is 0.0387. The van der Waals surface area contributed by atoms with Crippen LogP contribution in [0.1, 0.15) is 67.7 Å². The summed E-state index contributed by atoms with van der Waals surface area (Å²) in [6.07, 6.45) is 4.13. The lowest BCUT2D eigenvalue weighted by Crippen LogP contribution is -2.54. The fourth-order valence-electron chi connectivity index (χ4n) is 6.15. The van der Waals surface area contributed by atoms with Gasteiger partial charge in [0.2, 0.25) is 11.8 Å². The Labute approximate surface area is 290 Å². The van der Waals surface area contributed by atoms with Crippen molar-refractivity contribution in [3.8, 4) is 0 Å². The Morgan fingerprint density at radius 2 is 1.50 bits per heavy atom. The molecule has 0 aliphatic heterocycles. The summed E-state index contributed by atoms with van der Waals surface area (Å²) in [6.45, 7) is 5.59. The van der Waals surface area contributed by atoms with E-state index in [0.717, 1.165) is 52.2 Å². The van der Waals surface area contributed by atoms with Crippen molar-refractivity contribution in [2.45, 2.75) is 82.3 Å². The lowest BCUT2D eigenvalue weighted by Gasteiger charge is -2.34. The molecule has 0 spiro atoms. The predicted molar refractivity (Wildman–Crippen MR) is 193 cm³/mol. The number of benzene rings is 4. The van der Waals surface area contributed by atoms with E-state index < -0.39 is 28.5 Å². The number of hydrogen-bond donors (Lipinski definition) is 1. The summed E-state index contributed by atoms with van der Waals surface area (Å²) in [4.78, 5) is 30.5. The molecule has 4 aromatic carbocycles. The quantitative estimate of drug-likeness (QED) is 0.157. The maximum atomic E-state index is 14.7. The number of halogens is 1. The molecule has 1 atom stereocenters. The molecule has 252 valence electrons. The number of sulfonamides is 1. The lowest BCUT2D eigenvalue weighted by molar-refractivity contribution is -0.140. The van der Waals surface area contributed by atoms with Crippen LogP contribution >= 0.6 is 11.6 Å². The number of carbonyl (C=O) groups excluding carboxylic acids is 2. The molecule has 0 heterocycles. The highest BCUT2D eigenvalue weighted by atomic mass is 35.5. The van der Waals surface area contributed by atoms with Gasteiger partial charge in [0.15, 0.2) is 0 Å². The molecule has 0 saturated heterocycles. The number of nitrogens with zero attached hydrogens (tertiary/aromatic N) is 2. The first-order valence-electron chi connectivity index (χ1n) is 16.6. The van der Waals surface area contributed by atoms with Gasteiger partial charge >= 0.3 is 0 Å². The van der Waals surface area contributed by atoms with Crippen molar-refractivity contribution in [3.05, 3.63) is 130 Å². The van der Waals surface area contributed by atoms with Crippen LogP contribution in [0.2, 0.25) is 5.02 Å². The van der Waals surface area contributed by atoms with Gasteiger partial charge in [0.05, 0.1) is 10.6 Å². The zero-order valence-corrected chi connectivity index (χ0v) is 29.4. The fourth-order valence-corrected chi connectivity index (χ4v) is 7.77.